The van der Waals surface area contributed by atoms with Gasteiger partial charge in [-0.05, 0) is 11.8 Å². The van der Waals surface area contributed by atoms with Gasteiger partial charge in [0.25, 0.3) is 0 Å². The number of hydrogen-bond acceptors (Lipinski definition) is 5. The van der Waals surface area contributed by atoms with Crippen LogP contribution in [0.1, 0.15) is 27.2 Å². The van der Waals surface area contributed by atoms with Crippen molar-refractivity contribution in [3.63, 3.8) is 0 Å². The summed E-state index contributed by atoms with van der Waals surface area (Å²) < 4.78 is 0. The largest absolute Gasteiger partial charge is 0.394 e. The van der Waals surface area contributed by atoms with Gasteiger partial charge in [0.15, 0.2) is 0 Å². The first-order valence-corrected chi connectivity index (χ1v) is 5.02. The Bertz CT molecular complexity index is 177. The van der Waals surface area contributed by atoms with Crippen LogP contribution in [0.25, 0.3) is 0 Å². The average molecular weight is 222 g/mol. The predicted octanol–water partition coefficient (Wildman–Crippen LogP) is -1.14. The summed E-state index contributed by atoms with van der Waals surface area (Å²) in [5.41, 5.74) is -0.190. The van der Waals surface area contributed by atoms with E-state index in [-0.39, 0.29) is 5.41 Å². The first-order chi connectivity index (χ1) is 6.69. The highest BCUT2D eigenvalue weighted by Crippen LogP contribution is 2.23. The van der Waals surface area contributed by atoms with Crippen LogP contribution in [-0.2, 0) is 0 Å². The van der Waals surface area contributed by atoms with Crippen molar-refractivity contribution in [2.45, 2.75) is 51.6 Å². The molecule has 0 rings (SSSR count). The Morgan fingerprint density at radius 2 is 1.27 bits per heavy atom. The van der Waals surface area contributed by atoms with Gasteiger partial charge in [0.1, 0.15) is 18.3 Å². The van der Waals surface area contributed by atoms with Gasteiger partial charge in [-0.1, -0.05) is 20.8 Å². The predicted molar refractivity (Wildman–Crippen MR) is 55.2 cm³/mol. The fourth-order valence-corrected chi connectivity index (χ4v) is 1.31. The lowest BCUT2D eigenvalue weighted by atomic mass is 9.86. The van der Waals surface area contributed by atoms with E-state index in [0.29, 0.717) is 6.42 Å². The second-order valence-electron chi connectivity index (χ2n) is 5.06. The number of aliphatic hydroxyl groups is 5. The average Bonchev–Trinajstić information content (AvgIpc) is 2.11. The third kappa shape index (κ3) is 5.44. The lowest BCUT2D eigenvalue weighted by molar-refractivity contribution is -0.121. The van der Waals surface area contributed by atoms with E-state index in [4.69, 9.17) is 10.2 Å². The molecule has 0 aliphatic carbocycles. The van der Waals surface area contributed by atoms with E-state index in [1.165, 1.54) is 0 Å². The van der Waals surface area contributed by atoms with Crippen molar-refractivity contribution < 1.29 is 25.5 Å². The molecule has 0 saturated carbocycles. The monoisotopic (exact) mass is 222 g/mol. The summed E-state index contributed by atoms with van der Waals surface area (Å²) >= 11 is 0. The maximum atomic E-state index is 9.57. The molecule has 4 atom stereocenters. The van der Waals surface area contributed by atoms with Crippen LogP contribution in [0.3, 0.4) is 0 Å². The standard InChI is InChI=1S/C10H22O5/c1-10(2,3)4-6(12)8(14)9(15)7(13)5-11/h6-9,11-15H,4-5H2,1-3H3/t6-,7+,8+,9+/m0/s1. The van der Waals surface area contributed by atoms with Gasteiger partial charge < -0.3 is 25.5 Å². The van der Waals surface area contributed by atoms with Crippen LogP contribution in [0.5, 0.6) is 0 Å². The SMILES string of the molecule is CC(C)(C)C[C@H](O)[C@@H](O)[C@H](O)[C@H](O)CO. The molecule has 0 aliphatic rings. The summed E-state index contributed by atoms with van der Waals surface area (Å²) in [6.07, 6.45) is -5.25. The molecular formula is C10H22O5. The smallest absolute Gasteiger partial charge is 0.110 e. The number of rotatable bonds is 5. The van der Waals surface area contributed by atoms with Gasteiger partial charge in [0.2, 0.25) is 0 Å². The van der Waals surface area contributed by atoms with E-state index in [1.807, 2.05) is 20.8 Å². The summed E-state index contributed by atoms with van der Waals surface area (Å²) in [5, 5.41) is 46.0. The molecule has 0 heterocycles. The van der Waals surface area contributed by atoms with Crippen molar-refractivity contribution >= 4 is 0 Å². The molecule has 0 fully saturated rings. The molecule has 5 N–H and O–H groups in total. The van der Waals surface area contributed by atoms with E-state index in [1.54, 1.807) is 0 Å². The zero-order chi connectivity index (χ0) is 12.2. The van der Waals surface area contributed by atoms with E-state index < -0.39 is 31.0 Å². The molecule has 15 heavy (non-hydrogen) atoms. The molecule has 0 radical (unpaired) electrons. The first kappa shape index (κ1) is 14.8. The quantitative estimate of drug-likeness (QED) is 0.405. The molecule has 0 saturated heterocycles. The van der Waals surface area contributed by atoms with Crippen molar-refractivity contribution in [2.75, 3.05) is 6.61 Å². The van der Waals surface area contributed by atoms with Crippen molar-refractivity contribution in [1.29, 1.82) is 0 Å². The van der Waals surface area contributed by atoms with Gasteiger partial charge in [0, 0.05) is 0 Å². The second kappa shape index (κ2) is 5.77. The molecule has 0 unspecified atom stereocenters. The number of aliphatic hydroxyl groups excluding tert-OH is 5. The summed E-state index contributed by atoms with van der Waals surface area (Å²) in [6.45, 7) is 5.01. The molecule has 0 spiro atoms. The Labute approximate surface area is 90.0 Å². The molecular weight excluding hydrogens is 200 g/mol. The number of hydrogen-bond donors (Lipinski definition) is 5. The van der Waals surface area contributed by atoms with Crippen molar-refractivity contribution in [3.8, 4) is 0 Å². The van der Waals surface area contributed by atoms with Crippen LogP contribution in [0, 0.1) is 5.41 Å². The molecule has 0 bridgehead atoms. The highest BCUT2D eigenvalue weighted by atomic mass is 16.4. The Kier molecular flexibility index (Phi) is 5.69. The third-order valence-corrected chi connectivity index (χ3v) is 2.15. The van der Waals surface area contributed by atoms with E-state index in [0.717, 1.165) is 0 Å². The van der Waals surface area contributed by atoms with Crippen LogP contribution in [0.2, 0.25) is 0 Å². The zero-order valence-electron chi connectivity index (χ0n) is 9.46. The molecule has 0 amide bonds. The lowest BCUT2D eigenvalue weighted by Gasteiger charge is -2.29. The van der Waals surface area contributed by atoms with Crippen LogP contribution in [-0.4, -0.2) is 56.6 Å². The zero-order valence-corrected chi connectivity index (χ0v) is 9.46. The minimum atomic E-state index is -1.53. The molecule has 0 aliphatic heterocycles. The molecule has 5 heteroatoms. The van der Waals surface area contributed by atoms with Crippen molar-refractivity contribution in [3.05, 3.63) is 0 Å². The molecule has 5 nitrogen and oxygen atoms in total. The van der Waals surface area contributed by atoms with Crippen LogP contribution in [0.15, 0.2) is 0 Å². The first-order valence-electron chi connectivity index (χ1n) is 5.02. The van der Waals surface area contributed by atoms with Gasteiger partial charge in [-0.25, -0.2) is 0 Å². The van der Waals surface area contributed by atoms with Gasteiger partial charge >= 0.3 is 0 Å². The fourth-order valence-electron chi connectivity index (χ4n) is 1.31. The summed E-state index contributed by atoms with van der Waals surface area (Å²) in [6, 6.07) is 0. The van der Waals surface area contributed by atoms with E-state index in [2.05, 4.69) is 0 Å². The maximum absolute atomic E-state index is 9.57. The Balaban J connectivity index is 4.25. The fraction of sp³-hybridized carbons (Fsp3) is 1.00. The highest BCUT2D eigenvalue weighted by molar-refractivity contribution is 4.83. The molecule has 0 aromatic heterocycles. The molecule has 92 valence electrons. The lowest BCUT2D eigenvalue weighted by Crippen LogP contribution is -2.46. The Morgan fingerprint density at radius 1 is 0.867 bits per heavy atom. The third-order valence-electron chi connectivity index (χ3n) is 2.15. The summed E-state index contributed by atoms with van der Waals surface area (Å²) in [4.78, 5) is 0. The normalized spacial score (nSPS) is 20.8. The topological polar surface area (TPSA) is 101 Å². The van der Waals surface area contributed by atoms with Gasteiger partial charge in [-0.2, -0.15) is 0 Å². The maximum Gasteiger partial charge on any atom is 0.110 e. The second-order valence-corrected chi connectivity index (χ2v) is 5.06. The van der Waals surface area contributed by atoms with Crippen LogP contribution in [0.4, 0.5) is 0 Å². The van der Waals surface area contributed by atoms with Crippen LogP contribution < -0.4 is 0 Å². The van der Waals surface area contributed by atoms with Gasteiger partial charge in [-0.15, -0.1) is 0 Å². The van der Waals surface area contributed by atoms with E-state index in [9.17, 15) is 15.3 Å². The minimum Gasteiger partial charge on any atom is -0.394 e. The van der Waals surface area contributed by atoms with Crippen molar-refractivity contribution in [1.82, 2.24) is 0 Å². The summed E-state index contributed by atoms with van der Waals surface area (Å²) in [7, 11) is 0. The van der Waals surface area contributed by atoms with Gasteiger partial charge in [0.05, 0.1) is 12.7 Å². The van der Waals surface area contributed by atoms with Crippen LogP contribution >= 0.6 is 0 Å². The molecule has 0 aromatic carbocycles. The summed E-state index contributed by atoms with van der Waals surface area (Å²) in [5.74, 6) is 0. The van der Waals surface area contributed by atoms with Crippen molar-refractivity contribution in [2.24, 2.45) is 5.41 Å². The molecule has 0 aromatic rings. The Hall–Kier alpha value is -0.200. The van der Waals surface area contributed by atoms with Gasteiger partial charge in [-0.3, -0.25) is 0 Å². The van der Waals surface area contributed by atoms with E-state index >= 15 is 0 Å². The highest BCUT2D eigenvalue weighted by Gasteiger charge is 2.32. The minimum absolute atomic E-state index is 0.190. The Morgan fingerprint density at radius 3 is 1.60 bits per heavy atom.